The van der Waals surface area contributed by atoms with Crippen LogP contribution in [-0.4, -0.2) is 56.6 Å². The van der Waals surface area contributed by atoms with Crippen LogP contribution < -0.4 is 10.3 Å². The van der Waals surface area contributed by atoms with Crippen LogP contribution in [0.15, 0.2) is 65.9 Å². The van der Waals surface area contributed by atoms with Crippen LogP contribution >= 0.6 is 0 Å². The number of carbonyl (C=O) groups excluding carboxylic acids is 1. The van der Waals surface area contributed by atoms with Gasteiger partial charge in [-0.25, -0.2) is 9.07 Å². The van der Waals surface area contributed by atoms with Crippen LogP contribution in [-0.2, 0) is 4.79 Å². The van der Waals surface area contributed by atoms with Crippen LogP contribution in [0.25, 0.3) is 5.69 Å². The third-order valence-electron chi connectivity index (χ3n) is 7.54. The molecule has 0 radical (unpaired) electrons. The van der Waals surface area contributed by atoms with Crippen molar-refractivity contribution >= 4 is 29.3 Å². The number of hydrazone groups is 1. The van der Waals surface area contributed by atoms with Gasteiger partial charge < -0.3 is 15.3 Å². The van der Waals surface area contributed by atoms with E-state index < -0.39 is 5.60 Å². The largest absolute Gasteiger partial charge is 0.390 e. The SMILES string of the molecule is O=C(C1CC1)N1CCC(O)(CC2CC=NN2c2cccc(Nc3ccn(-c4ccc(F)cc4)n3)c2)CC1. The zero-order chi connectivity index (χ0) is 25.4. The molecule has 1 unspecified atom stereocenters. The van der Waals surface area contributed by atoms with Gasteiger partial charge >= 0.3 is 0 Å². The van der Waals surface area contributed by atoms with Gasteiger partial charge in [0.15, 0.2) is 5.82 Å². The van der Waals surface area contributed by atoms with Crippen molar-refractivity contribution in [2.45, 2.75) is 50.2 Å². The second kappa shape index (κ2) is 9.63. The van der Waals surface area contributed by atoms with Gasteiger partial charge in [0.05, 0.1) is 23.0 Å². The number of nitrogens with one attached hydrogen (secondary N) is 1. The summed E-state index contributed by atoms with van der Waals surface area (Å²) in [6, 6.07) is 16.1. The average Bonchev–Trinajstić information content (AvgIpc) is 3.49. The van der Waals surface area contributed by atoms with Crippen molar-refractivity contribution in [3.63, 3.8) is 0 Å². The molecule has 8 nitrogen and oxygen atoms in total. The van der Waals surface area contributed by atoms with Crippen LogP contribution in [0.3, 0.4) is 0 Å². The number of aromatic nitrogens is 2. The molecule has 1 aromatic heterocycles. The van der Waals surface area contributed by atoms with E-state index in [9.17, 15) is 14.3 Å². The number of piperidine rings is 1. The van der Waals surface area contributed by atoms with Gasteiger partial charge in [-0.15, -0.1) is 0 Å². The molecule has 1 aliphatic carbocycles. The molecule has 1 saturated carbocycles. The van der Waals surface area contributed by atoms with E-state index in [1.54, 1.807) is 16.8 Å². The molecule has 3 aliphatic rings. The maximum atomic E-state index is 13.2. The monoisotopic (exact) mass is 502 g/mol. The van der Waals surface area contributed by atoms with E-state index in [2.05, 4.69) is 15.5 Å². The van der Waals surface area contributed by atoms with Crippen LogP contribution in [0.5, 0.6) is 0 Å². The normalized spacial score (nSPS) is 20.9. The molecular formula is C28H31FN6O2. The topological polar surface area (TPSA) is 86.0 Å². The Kier molecular flexibility index (Phi) is 6.16. The Morgan fingerprint density at radius 2 is 1.86 bits per heavy atom. The summed E-state index contributed by atoms with van der Waals surface area (Å²) in [4.78, 5) is 14.3. The molecule has 2 aromatic carbocycles. The van der Waals surface area contributed by atoms with Crippen molar-refractivity contribution in [1.29, 1.82) is 0 Å². The van der Waals surface area contributed by atoms with Crippen LogP contribution in [0.4, 0.5) is 21.6 Å². The van der Waals surface area contributed by atoms with E-state index in [1.807, 2.05) is 52.7 Å². The first-order valence-electron chi connectivity index (χ1n) is 13.0. The minimum absolute atomic E-state index is 0.0589. The van der Waals surface area contributed by atoms with Gasteiger partial charge in [0.25, 0.3) is 0 Å². The highest BCUT2D eigenvalue weighted by Crippen LogP contribution is 2.36. The Hall–Kier alpha value is -3.72. The van der Waals surface area contributed by atoms with Crippen molar-refractivity contribution in [2.75, 3.05) is 23.4 Å². The number of nitrogens with zero attached hydrogens (tertiary/aromatic N) is 5. The van der Waals surface area contributed by atoms with E-state index in [0.717, 1.165) is 36.3 Å². The lowest BCUT2D eigenvalue weighted by Gasteiger charge is -2.40. The van der Waals surface area contributed by atoms with Gasteiger partial charge in [0.1, 0.15) is 5.82 Å². The summed E-state index contributed by atoms with van der Waals surface area (Å²) in [5, 5.41) is 25.8. The lowest BCUT2D eigenvalue weighted by atomic mass is 9.84. The summed E-state index contributed by atoms with van der Waals surface area (Å²) in [6.07, 6.45) is 8.35. The van der Waals surface area contributed by atoms with Crippen LogP contribution in [0.1, 0.15) is 38.5 Å². The highest BCUT2D eigenvalue weighted by atomic mass is 19.1. The molecule has 192 valence electrons. The van der Waals surface area contributed by atoms with Crippen molar-refractivity contribution < 1.29 is 14.3 Å². The van der Waals surface area contributed by atoms with Crippen molar-refractivity contribution in [2.24, 2.45) is 11.0 Å². The molecule has 3 heterocycles. The van der Waals surface area contributed by atoms with E-state index in [0.29, 0.717) is 38.2 Å². The average molecular weight is 503 g/mol. The zero-order valence-corrected chi connectivity index (χ0v) is 20.6. The number of carbonyl (C=O) groups is 1. The molecule has 1 atom stereocenters. The lowest BCUT2D eigenvalue weighted by Crippen LogP contribution is -2.49. The summed E-state index contributed by atoms with van der Waals surface area (Å²) in [6.45, 7) is 1.26. The first-order chi connectivity index (χ1) is 18.0. The molecule has 37 heavy (non-hydrogen) atoms. The summed E-state index contributed by atoms with van der Waals surface area (Å²) in [5.41, 5.74) is 1.79. The molecule has 0 bridgehead atoms. The smallest absolute Gasteiger partial charge is 0.225 e. The van der Waals surface area contributed by atoms with E-state index >= 15 is 0 Å². The Morgan fingerprint density at radius 3 is 2.62 bits per heavy atom. The van der Waals surface area contributed by atoms with Crippen molar-refractivity contribution in [3.05, 3.63) is 66.6 Å². The summed E-state index contributed by atoms with van der Waals surface area (Å²) < 4.78 is 14.9. The van der Waals surface area contributed by atoms with E-state index in [4.69, 9.17) is 0 Å². The molecule has 1 amide bonds. The molecule has 6 rings (SSSR count). The number of benzene rings is 2. The molecule has 2 N–H and O–H groups in total. The number of rotatable bonds is 7. The van der Waals surface area contributed by atoms with E-state index in [-0.39, 0.29) is 23.7 Å². The van der Waals surface area contributed by atoms with E-state index in [1.165, 1.54) is 12.1 Å². The fraction of sp³-hybridized carbons (Fsp3) is 0.393. The lowest BCUT2D eigenvalue weighted by molar-refractivity contribution is -0.137. The number of aliphatic hydroxyl groups is 1. The van der Waals surface area contributed by atoms with Gasteiger partial charge in [-0.3, -0.25) is 9.80 Å². The highest BCUT2D eigenvalue weighted by Gasteiger charge is 2.41. The van der Waals surface area contributed by atoms with Crippen LogP contribution in [0.2, 0.25) is 0 Å². The second-order valence-corrected chi connectivity index (χ2v) is 10.4. The molecular weight excluding hydrogens is 471 g/mol. The van der Waals surface area contributed by atoms with Crippen LogP contribution in [0, 0.1) is 11.7 Å². The van der Waals surface area contributed by atoms with Gasteiger partial charge in [0, 0.05) is 49.6 Å². The summed E-state index contributed by atoms with van der Waals surface area (Å²) in [5.74, 6) is 0.877. The van der Waals surface area contributed by atoms with Crippen molar-refractivity contribution in [1.82, 2.24) is 14.7 Å². The summed E-state index contributed by atoms with van der Waals surface area (Å²) in [7, 11) is 0. The fourth-order valence-corrected chi connectivity index (χ4v) is 5.28. The molecule has 1 saturated heterocycles. The Labute approximate surface area is 215 Å². The van der Waals surface area contributed by atoms with Crippen molar-refractivity contribution in [3.8, 4) is 5.69 Å². The molecule has 9 heteroatoms. The first-order valence-corrected chi connectivity index (χ1v) is 13.0. The highest BCUT2D eigenvalue weighted by molar-refractivity contribution is 5.81. The number of hydrogen-bond donors (Lipinski definition) is 2. The standard InChI is InChI=1S/C28H31FN6O2/c29-21-6-8-23(9-7-21)34-15-11-26(32-34)31-22-2-1-3-24(18-22)35-25(10-14-30-35)19-28(37)12-16-33(17-13-28)27(36)20-4-5-20/h1-3,6-9,11,14-15,18,20,25,37H,4-5,10,12-13,16-17,19H2,(H,31,32). The minimum atomic E-state index is -0.792. The predicted molar refractivity (Wildman–Crippen MR) is 141 cm³/mol. The Balaban J connectivity index is 1.10. The van der Waals surface area contributed by atoms with Gasteiger partial charge in [0.2, 0.25) is 5.91 Å². The predicted octanol–water partition coefficient (Wildman–Crippen LogP) is 4.47. The number of anilines is 3. The molecule has 0 spiro atoms. The number of amides is 1. The fourth-order valence-electron chi connectivity index (χ4n) is 5.28. The number of hydrogen-bond acceptors (Lipinski definition) is 6. The Morgan fingerprint density at radius 1 is 1.08 bits per heavy atom. The maximum absolute atomic E-state index is 13.2. The molecule has 2 aliphatic heterocycles. The van der Waals surface area contributed by atoms with Gasteiger partial charge in [-0.05, 0) is 74.6 Å². The Bertz CT molecular complexity index is 1290. The second-order valence-electron chi connectivity index (χ2n) is 10.4. The summed E-state index contributed by atoms with van der Waals surface area (Å²) >= 11 is 0. The minimum Gasteiger partial charge on any atom is -0.390 e. The number of halogens is 1. The molecule has 2 fully saturated rings. The maximum Gasteiger partial charge on any atom is 0.225 e. The third-order valence-corrected chi connectivity index (χ3v) is 7.54. The van der Waals surface area contributed by atoms with Gasteiger partial charge in [-0.2, -0.15) is 10.2 Å². The molecule has 3 aromatic rings. The first kappa shape index (κ1) is 23.7. The number of likely N-dealkylation sites (tertiary alicyclic amines) is 1. The third kappa shape index (κ3) is 5.22. The zero-order valence-electron chi connectivity index (χ0n) is 20.6. The van der Waals surface area contributed by atoms with Gasteiger partial charge in [-0.1, -0.05) is 6.07 Å². The quantitative estimate of drug-likeness (QED) is 0.498.